The van der Waals surface area contributed by atoms with Crippen LogP contribution in [0.1, 0.15) is 52.0 Å². The predicted molar refractivity (Wildman–Crippen MR) is 121 cm³/mol. The first-order valence-corrected chi connectivity index (χ1v) is 11.0. The van der Waals surface area contributed by atoms with E-state index in [1.807, 2.05) is 31.0 Å². The molecule has 1 aliphatic heterocycles. The first-order chi connectivity index (χ1) is 14.8. The number of carbonyl (C=O) groups is 2. The molecule has 0 saturated carbocycles. The van der Waals surface area contributed by atoms with Crippen molar-refractivity contribution in [1.29, 1.82) is 0 Å². The average Bonchev–Trinajstić information content (AvgIpc) is 3.23. The van der Waals surface area contributed by atoms with Crippen LogP contribution in [0.2, 0.25) is 0 Å². The van der Waals surface area contributed by atoms with Gasteiger partial charge in [-0.3, -0.25) is 4.79 Å². The van der Waals surface area contributed by atoms with Crippen LogP contribution in [0.5, 0.6) is 0 Å². The molecule has 0 spiro atoms. The molecule has 1 saturated heterocycles. The monoisotopic (exact) mass is 427 g/mol. The molecule has 0 aliphatic carbocycles. The van der Waals surface area contributed by atoms with Crippen molar-refractivity contribution in [3.8, 4) is 0 Å². The summed E-state index contributed by atoms with van der Waals surface area (Å²) < 4.78 is 4.68. The van der Waals surface area contributed by atoms with Gasteiger partial charge < -0.3 is 20.3 Å². The number of benzene rings is 1. The Morgan fingerprint density at radius 1 is 1.26 bits per heavy atom. The number of aromatic nitrogens is 2. The van der Waals surface area contributed by atoms with E-state index in [0.29, 0.717) is 25.0 Å². The molecule has 1 aliphatic rings. The molecule has 3 rings (SSSR count). The number of anilines is 1. The summed E-state index contributed by atoms with van der Waals surface area (Å²) in [5, 5.41) is 6.98. The lowest BCUT2D eigenvalue weighted by molar-refractivity contribution is -0.135. The molecule has 0 bridgehead atoms. The van der Waals surface area contributed by atoms with Crippen LogP contribution in [0.15, 0.2) is 24.4 Å². The zero-order chi connectivity index (χ0) is 22.5. The third kappa shape index (κ3) is 5.42. The number of hydrogen-bond acceptors (Lipinski definition) is 6. The molecule has 168 valence electrons. The van der Waals surface area contributed by atoms with Crippen molar-refractivity contribution in [3.63, 3.8) is 0 Å². The highest BCUT2D eigenvalue weighted by molar-refractivity contribution is 5.86. The second kappa shape index (κ2) is 9.94. The van der Waals surface area contributed by atoms with Crippen molar-refractivity contribution in [2.24, 2.45) is 5.92 Å². The SMILES string of the molecule is COC(=O)N[C@H](C(=O)N1CCC[C@H]1CNc1ncc2cc(C(C)C)ccc2n1)C(C)C. The largest absolute Gasteiger partial charge is 0.453 e. The van der Waals surface area contributed by atoms with Gasteiger partial charge in [-0.15, -0.1) is 0 Å². The van der Waals surface area contributed by atoms with Crippen LogP contribution < -0.4 is 10.6 Å². The molecular formula is C23H33N5O3. The Morgan fingerprint density at radius 2 is 2.03 bits per heavy atom. The topological polar surface area (TPSA) is 96.5 Å². The number of nitrogens with one attached hydrogen (secondary N) is 2. The quantitative estimate of drug-likeness (QED) is 0.702. The zero-order valence-electron chi connectivity index (χ0n) is 19.0. The number of methoxy groups -OCH3 is 1. The minimum absolute atomic E-state index is 0.0239. The molecule has 2 heterocycles. The number of amides is 2. The van der Waals surface area contributed by atoms with Gasteiger partial charge in [0.15, 0.2) is 0 Å². The lowest BCUT2D eigenvalue weighted by Gasteiger charge is -2.30. The summed E-state index contributed by atoms with van der Waals surface area (Å²) in [5.74, 6) is 0.888. The van der Waals surface area contributed by atoms with E-state index >= 15 is 0 Å². The number of rotatable bonds is 7. The van der Waals surface area contributed by atoms with Crippen molar-refractivity contribution >= 4 is 28.9 Å². The first-order valence-electron chi connectivity index (χ1n) is 11.0. The summed E-state index contributed by atoms with van der Waals surface area (Å²) in [6.07, 6.45) is 3.07. The molecule has 0 radical (unpaired) electrons. The van der Waals surface area contributed by atoms with E-state index in [1.165, 1.54) is 12.7 Å². The highest BCUT2D eigenvalue weighted by Gasteiger charge is 2.35. The lowest BCUT2D eigenvalue weighted by Crippen LogP contribution is -2.53. The number of nitrogens with zero attached hydrogens (tertiary/aromatic N) is 3. The van der Waals surface area contributed by atoms with Crippen molar-refractivity contribution in [2.45, 2.75) is 58.5 Å². The third-order valence-corrected chi connectivity index (χ3v) is 5.82. The maximum atomic E-state index is 13.1. The second-order valence-corrected chi connectivity index (χ2v) is 8.73. The standard InChI is InChI=1S/C23H33N5O3/c1-14(2)16-8-9-19-17(11-16)12-24-22(26-19)25-13-18-7-6-10-28(18)21(29)20(15(3)4)27-23(30)31-5/h8-9,11-12,14-15,18,20H,6-7,10,13H2,1-5H3,(H,27,30)(H,24,25,26)/t18-,20-/m0/s1. The summed E-state index contributed by atoms with van der Waals surface area (Å²) in [4.78, 5) is 35.7. The molecule has 2 atom stereocenters. The van der Waals surface area contributed by atoms with E-state index in [0.717, 1.165) is 23.7 Å². The number of fused-ring (bicyclic) bond motifs is 1. The molecule has 2 aromatic rings. The summed E-state index contributed by atoms with van der Waals surface area (Å²) in [6, 6.07) is 5.66. The van der Waals surface area contributed by atoms with Gasteiger partial charge in [-0.05, 0) is 42.4 Å². The van der Waals surface area contributed by atoms with E-state index in [-0.39, 0.29) is 17.9 Å². The third-order valence-electron chi connectivity index (χ3n) is 5.82. The Morgan fingerprint density at radius 3 is 2.71 bits per heavy atom. The van der Waals surface area contributed by atoms with Gasteiger partial charge in [-0.2, -0.15) is 0 Å². The number of likely N-dealkylation sites (tertiary alicyclic amines) is 1. The molecule has 2 amide bonds. The zero-order valence-corrected chi connectivity index (χ0v) is 19.0. The molecule has 8 heteroatoms. The number of carbonyl (C=O) groups excluding carboxylic acids is 2. The van der Waals surface area contributed by atoms with E-state index < -0.39 is 12.1 Å². The van der Waals surface area contributed by atoms with Gasteiger partial charge in [0.1, 0.15) is 6.04 Å². The molecule has 1 fully saturated rings. The van der Waals surface area contributed by atoms with Crippen LogP contribution in [0, 0.1) is 5.92 Å². The number of ether oxygens (including phenoxy) is 1. The second-order valence-electron chi connectivity index (χ2n) is 8.73. The van der Waals surface area contributed by atoms with Gasteiger partial charge in [0.05, 0.1) is 12.6 Å². The van der Waals surface area contributed by atoms with Crippen molar-refractivity contribution in [3.05, 3.63) is 30.0 Å². The predicted octanol–water partition coefficient (Wildman–Crippen LogP) is 3.54. The summed E-state index contributed by atoms with van der Waals surface area (Å²) in [7, 11) is 1.30. The Labute approximate surface area is 183 Å². The maximum absolute atomic E-state index is 13.1. The fraction of sp³-hybridized carbons (Fsp3) is 0.565. The van der Waals surface area contributed by atoms with Crippen molar-refractivity contribution in [2.75, 3.05) is 25.5 Å². The fourth-order valence-corrected chi connectivity index (χ4v) is 3.92. The highest BCUT2D eigenvalue weighted by atomic mass is 16.5. The van der Waals surface area contributed by atoms with Gasteiger partial charge >= 0.3 is 6.09 Å². The van der Waals surface area contributed by atoms with Gasteiger partial charge in [0, 0.05) is 30.7 Å². The van der Waals surface area contributed by atoms with Crippen molar-refractivity contribution in [1.82, 2.24) is 20.2 Å². The normalized spacial score (nSPS) is 17.3. The van der Waals surface area contributed by atoms with Gasteiger partial charge in [-0.25, -0.2) is 14.8 Å². The van der Waals surface area contributed by atoms with Gasteiger partial charge in [-0.1, -0.05) is 33.8 Å². The Hall–Kier alpha value is -2.90. The van der Waals surface area contributed by atoms with Crippen LogP contribution in [-0.4, -0.2) is 59.2 Å². The Kier molecular flexibility index (Phi) is 7.30. The molecule has 1 aromatic heterocycles. The Bertz CT molecular complexity index is 931. The molecule has 1 aromatic carbocycles. The van der Waals surface area contributed by atoms with Crippen LogP contribution in [0.3, 0.4) is 0 Å². The lowest BCUT2D eigenvalue weighted by atomic mass is 10.0. The van der Waals surface area contributed by atoms with E-state index in [1.54, 1.807) is 0 Å². The highest BCUT2D eigenvalue weighted by Crippen LogP contribution is 2.22. The van der Waals surface area contributed by atoms with Crippen LogP contribution in [-0.2, 0) is 9.53 Å². The van der Waals surface area contributed by atoms with Gasteiger partial charge in [0.2, 0.25) is 11.9 Å². The number of hydrogen-bond donors (Lipinski definition) is 2. The van der Waals surface area contributed by atoms with Crippen LogP contribution >= 0.6 is 0 Å². The summed E-state index contributed by atoms with van der Waals surface area (Å²) in [6.45, 7) is 9.39. The summed E-state index contributed by atoms with van der Waals surface area (Å²) >= 11 is 0. The van der Waals surface area contributed by atoms with E-state index in [4.69, 9.17) is 0 Å². The van der Waals surface area contributed by atoms with Crippen molar-refractivity contribution < 1.29 is 14.3 Å². The minimum Gasteiger partial charge on any atom is -0.453 e. The Balaban J connectivity index is 1.67. The van der Waals surface area contributed by atoms with Crippen LogP contribution in [0.4, 0.5) is 10.7 Å². The van der Waals surface area contributed by atoms with Crippen LogP contribution in [0.25, 0.3) is 10.9 Å². The molecule has 8 nitrogen and oxygen atoms in total. The molecule has 31 heavy (non-hydrogen) atoms. The van der Waals surface area contributed by atoms with E-state index in [9.17, 15) is 9.59 Å². The smallest absolute Gasteiger partial charge is 0.407 e. The summed E-state index contributed by atoms with van der Waals surface area (Å²) in [5.41, 5.74) is 2.15. The average molecular weight is 428 g/mol. The maximum Gasteiger partial charge on any atom is 0.407 e. The molecule has 0 unspecified atom stereocenters. The minimum atomic E-state index is -0.611. The van der Waals surface area contributed by atoms with E-state index in [2.05, 4.69) is 51.3 Å². The first kappa shape index (κ1) is 22.8. The van der Waals surface area contributed by atoms with Gasteiger partial charge in [0.25, 0.3) is 0 Å². The fourth-order valence-electron chi connectivity index (χ4n) is 3.92. The molecule has 2 N–H and O–H groups in total. The molecular weight excluding hydrogens is 394 g/mol. The number of alkyl carbamates (subject to hydrolysis) is 1.